The maximum absolute atomic E-state index is 10.6. The van der Waals surface area contributed by atoms with Crippen LogP contribution in [0.3, 0.4) is 0 Å². The average Bonchev–Trinajstić information content (AvgIpc) is 2.60. The number of hydrogen-bond acceptors (Lipinski definition) is 5. The minimum absolute atomic E-state index is 0.130. The van der Waals surface area contributed by atoms with Gasteiger partial charge in [0.1, 0.15) is 0 Å². The molecule has 0 aliphatic carbocycles. The Hall–Kier alpha value is -2.02. The maximum Gasteiger partial charge on any atom is 0.365 e. The molecule has 0 radical (unpaired) electrons. The van der Waals surface area contributed by atoms with Crippen molar-refractivity contribution in [1.29, 1.82) is 0 Å². The summed E-state index contributed by atoms with van der Waals surface area (Å²) < 4.78 is 0.501. The van der Waals surface area contributed by atoms with Crippen molar-refractivity contribution in [2.45, 2.75) is 0 Å². The number of nitrogens with zero attached hydrogens (tertiary/aromatic N) is 2. The summed E-state index contributed by atoms with van der Waals surface area (Å²) in [6.07, 6.45) is 0. The Labute approximate surface area is 86.9 Å². The van der Waals surface area contributed by atoms with Crippen LogP contribution in [-0.2, 0) is 0 Å². The van der Waals surface area contributed by atoms with Gasteiger partial charge in [-0.1, -0.05) is 6.07 Å². The Morgan fingerprint density at radius 3 is 2.87 bits per heavy atom. The van der Waals surface area contributed by atoms with E-state index in [9.17, 15) is 14.9 Å². The van der Waals surface area contributed by atoms with Crippen molar-refractivity contribution >= 4 is 33.2 Å². The van der Waals surface area contributed by atoms with Gasteiger partial charge >= 0.3 is 5.97 Å². The largest absolute Gasteiger partial charge is 0.476 e. The lowest BCUT2D eigenvalue weighted by Gasteiger charge is -1.90. The summed E-state index contributed by atoms with van der Waals surface area (Å²) in [4.78, 5) is 24.4. The number of para-hydroxylation sites is 1. The first kappa shape index (κ1) is 9.53. The van der Waals surface area contributed by atoms with Crippen molar-refractivity contribution in [3.05, 3.63) is 33.3 Å². The van der Waals surface area contributed by atoms with E-state index in [-0.39, 0.29) is 16.2 Å². The van der Waals surface area contributed by atoms with E-state index in [1.807, 2.05) is 0 Å². The number of aromatic nitrogens is 1. The second kappa shape index (κ2) is 3.28. The minimum atomic E-state index is -1.18. The summed E-state index contributed by atoms with van der Waals surface area (Å²) in [5.74, 6) is -1.18. The van der Waals surface area contributed by atoms with Crippen molar-refractivity contribution in [2.24, 2.45) is 0 Å². The number of carboxylic acids is 1. The van der Waals surface area contributed by atoms with Crippen molar-refractivity contribution in [3.63, 3.8) is 0 Å². The van der Waals surface area contributed by atoms with Gasteiger partial charge in [0.25, 0.3) is 5.69 Å². The molecule has 0 aliphatic heterocycles. The molecule has 0 amide bonds. The van der Waals surface area contributed by atoms with Gasteiger partial charge in [-0.2, -0.15) is 0 Å². The zero-order valence-corrected chi connectivity index (χ0v) is 8.02. The van der Waals surface area contributed by atoms with Crippen molar-refractivity contribution in [1.82, 2.24) is 4.98 Å². The molecule has 0 fully saturated rings. The smallest absolute Gasteiger partial charge is 0.365 e. The van der Waals surface area contributed by atoms with Crippen molar-refractivity contribution in [3.8, 4) is 0 Å². The summed E-state index contributed by atoms with van der Waals surface area (Å²) in [6.45, 7) is 0. The molecule has 0 bridgehead atoms. The van der Waals surface area contributed by atoms with Crippen molar-refractivity contribution < 1.29 is 14.8 Å². The lowest BCUT2D eigenvalue weighted by molar-refractivity contribution is -0.383. The molecule has 1 heterocycles. The number of hydrogen-bond donors (Lipinski definition) is 1. The van der Waals surface area contributed by atoms with E-state index in [1.165, 1.54) is 12.1 Å². The summed E-state index contributed by atoms with van der Waals surface area (Å²) in [7, 11) is 0. The third-order valence-corrected chi connectivity index (χ3v) is 2.79. The molecular formula is C8H4N2O4S. The molecule has 15 heavy (non-hydrogen) atoms. The van der Waals surface area contributed by atoms with Crippen LogP contribution in [0.5, 0.6) is 0 Å². The standard InChI is InChI=1S/C8H4N2O4S/c11-8(12)7-9-6-4(10(13)14)2-1-3-5(6)15-7/h1-3H,(H,11,12). The molecular weight excluding hydrogens is 220 g/mol. The first-order valence-corrected chi connectivity index (χ1v) is 4.68. The second-order valence-corrected chi connectivity index (χ2v) is 3.74. The highest BCUT2D eigenvalue weighted by Gasteiger charge is 2.18. The van der Waals surface area contributed by atoms with Crippen LogP contribution >= 0.6 is 11.3 Å². The fraction of sp³-hybridized carbons (Fsp3) is 0. The molecule has 76 valence electrons. The molecule has 1 aromatic heterocycles. The summed E-state index contributed by atoms with van der Waals surface area (Å²) in [6, 6.07) is 4.41. The summed E-state index contributed by atoms with van der Waals surface area (Å²) >= 11 is 0.922. The van der Waals surface area contributed by atoms with E-state index in [0.717, 1.165) is 11.3 Å². The van der Waals surface area contributed by atoms with Crippen LogP contribution in [-0.4, -0.2) is 21.0 Å². The van der Waals surface area contributed by atoms with Gasteiger partial charge in [-0.25, -0.2) is 9.78 Å². The Bertz CT molecular complexity index is 563. The molecule has 0 spiro atoms. The van der Waals surface area contributed by atoms with Crippen LogP contribution in [0.15, 0.2) is 18.2 Å². The zero-order valence-electron chi connectivity index (χ0n) is 7.21. The molecule has 2 rings (SSSR count). The number of rotatable bonds is 2. The predicted molar refractivity (Wildman–Crippen MR) is 53.2 cm³/mol. The third-order valence-electron chi connectivity index (χ3n) is 1.78. The highest BCUT2D eigenvalue weighted by atomic mass is 32.1. The van der Waals surface area contributed by atoms with Gasteiger partial charge < -0.3 is 5.11 Å². The molecule has 0 aliphatic rings. The predicted octanol–water partition coefficient (Wildman–Crippen LogP) is 1.90. The normalized spacial score (nSPS) is 10.4. The van der Waals surface area contributed by atoms with Gasteiger partial charge in [-0.15, -0.1) is 11.3 Å². The van der Waals surface area contributed by atoms with E-state index in [4.69, 9.17) is 5.11 Å². The van der Waals surface area contributed by atoms with Crippen LogP contribution in [0.4, 0.5) is 5.69 Å². The fourth-order valence-corrected chi connectivity index (χ4v) is 2.00. The lowest BCUT2D eigenvalue weighted by atomic mass is 10.3. The maximum atomic E-state index is 10.6. The Morgan fingerprint density at radius 2 is 2.27 bits per heavy atom. The molecule has 1 N–H and O–H groups in total. The Balaban J connectivity index is 2.75. The number of fused-ring (bicyclic) bond motifs is 1. The van der Waals surface area contributed by atoms with Gasteiger partial charge in [0.15, 0.2) is 5.52 Å². The van der Waals surface area contributed by atoms with Gasteiger partial charge in [0.05, 0.1) is 9.62 Å². The minimum Gasteiger partial charge on any atom is -0.476 e. The highest BCUT2D eigenvalue weighted by Crippen LogP contribution is 2.29. The van der Waals surface area contributed by atoms with Crippen LogP contribution < -0.4 is 0 Å². The fourth-order valence-electron chi connectivity index (χ4n) is 1.17. The summed E-state index contributed by atoms with van der Waals surface area (Å²) in [5.41, 5.74) is -0.0406. The molecule has 0 saturated heterocycles. The van der Waals surface area contributed by atoms with Gasteiger partial charge in [0, 0.05) is 6.07 Å². The second-order valence-electron chi connectivity index (χ2n) is 2.71. The van der Waals surface area contributed by atoms with Crippen LogP contribution in [0, 0.1) is 10.1 Å². The Kier molecular flexibility index (Phi) is 2.09. The number of non-ortho nitro benzene ring substituents is 1. The molecule has 0 unspecified atom stereocenters. The molecule has 1 aromatic carbocycles. The highest BCUT2D eigenvalue weighted by molar-refractivity contribution is 7.20. The van der Waals surface area contributed by atoms with E-state index in [1.54, 1.807) is 6.07 Å². The average molecular weight is 224 g/mol. The van der Waals surface area contributed by atoms with E-state index in [2.05, 4.69) is 4.98 Å². The van der Waals surface area contributed by atoms with Crippen LogP contribution in [0.2, 0.25) is 0 Å². The third kappa shape index (κ3) is 1.52. The number of thiazole rings is 1. The van der Waals surface area contributed by atoms with Crippen LogP contribution in [0.1, 0.15) is 9.80 Å². The van der Waals surface area contributed by atoms with Gasteiger partial charge in [-0.05, 0) is 6.07 Å². The van der Waals surface area contributed by atoms with E-state index < -0.39 is 10.9 Å². The quantitative estimate of drug-likeness (QED) is 0.621. The topological polar surface area (TPSA) is 93.3 Å². The molecule has 7 heteroatoms. The first-order chi connectivity index (χ1) is 7.09. The Morgan fingerprint density at radius 1 is 1.53 bits per heavy atom. The number of nitro groups is 1. The van der Waals surface area contributed by atoms with Gasteiger partial charge in [-0.3, -0.25) is 10.1 Å². The number of carbonyl (C=O) groups is 1. The number of nitro benzene ring substituents is 1. The van der Waals surface area contributed by atoms with E-state index in [0.29, 0.717) is 4.70 Å². The lowest BCUT2D eigenvalue weighted by Crippen LogP contribution is -1.94. The SMILES string of the molecule is O=C(O)c1nc2c([N+](=O)[O-])cccc2s1. The number of aromatic carboxylic acids is 1. The number of benzene rings is 1. The number of carboxylic acid groups (broad SMARTS) is 1. The van der Waals surface area contributed by atoms with Crippen molar-refractivity contribution in [2.75, 3.05) is 0 Å². The van der Waals surface area contributed by atoms with Crippen LogP contribution in [0.25, 0.3) is 10.2 Å². The first-order valence-electron chi connectivity index (χ1n) is 3.87. The molecule has 0 saturated carbocycles. The molecule has 2 aromatic rings. The van der Waals surface area contributed by atoms with E-state index >= 15 is 0 Å². The molecule has 6 nitrogen and oxygen atoms in total. The monoisotopic (exact) mass is 224 g/mol. The summed E-state index contributed by atoms with van der Waals surface area (Å²) in [5, 5.41) is 19.2. The molecule has 0 atom stereocenters. The van der Waals surface area contributed by atoms with Gasteiger partial charge in [0.2, 0.25) is 5.01 Å². The zero-order chi connectivity index (χ0) is 11.0.